The number of rotatable bonds is 6. The van der Waals surface area contributed by atoms with Crippen molar-refractivity contribution in [3.63, 3.8) is 0 Å². The third-order valence-corrected chi connectivity index (χ3v) is 3.19. The number of nitrogens with one attached hydrogen (secondary N) is 1. The lowest BCUT2D eigenvalue weighted by atomic mass is 10.0. The molecule has 2 aromatic rings. The minimum Gasteiger partial charge on any atom is -0.366 e. The molecule has 0 aliphatic heterocycles. The Hall–Kier alpha value is -2.13. The first-order valence-electron chi connectivity index (χ1n) is 6.90. The number of nitrogens with two attached hydrogens (primary N) is 1. The third kappa shape index (κ3) is 3.68. The minimum atomic E-state index is -0.394. The maximum absolute atomic E-state index is 11.1. The summed E-state index contributed by atoms with van der Waals surface area (Å²) in [6.45, 7) is 4.06. The molecule has 3 nitrogen and oxygen atoms in total. The van der Waals surface area contributed by atoms with Crippen molar-refractivity contribution >= 4 is 5.91 Å². The van der Waals surface area contributed by atoms with Crippen LogP contribution in [0.1, 0.15) is 29.3 Å². The largest absolute Gasteiger partial charge is 0.366 e. The van der Waals surface area contributed by atoms with E-state index in [2.05, 4.69) is 36.5 Å². The van der Waals surface area contributed by atoms with Crippen LogP contribution >= 0.6 is 0 Å². The monoisotopic (exact) mass is 268 g/mol. The average Bonchev–Trinajstić information content (AvgIpc) is 2.48. The zero-order chi connectivity index (χ0) is 14.4. The third-order valence-electron chi connectivity index (χ3n) is 3.19. The maximum atomic E-state index is 11.1. The zero-order valence-electron chi connectivity index (χ0n) is 11.7. The fourth-order valence-electron chi connectivity index (χ4n) is 2.10. The Labute approximate surface area is 119 Å². The molecular weight excluding hydrogens is 248 g/mol. The van der Waals surface area contributed by atoms with Gasteiger partial charge in [0.15, 0.2) is 0 Å². The number of carbonyl (C=O) groups excluding carboxylic acids is 1. The number of hydrogen-bond acceptors (Lipinski definition) is 2. The maximum Gasteiger partial charge on any atom is 0.248 e. The SMILES string of the molecule is CCCNCc1cccc(-c2ccc(C(N)=O)cc2)c1. The number of amides is 1. The van der Waals surface area contributed by atoms with Gasteiger partial charge < -0.3 is 11.1 Å². The van der Waals surface area contributed by atoms with E-state index < -0.39 is 5.91 Å². The molecule has 3 heteroatoms. The summed E-state index contributed by atoms with van der Waals surface area (Å²) in [5.74, 6) is -0.394. The van der Waals surface area contributed by atoms with Crippen molar-refractivity contribution in [3.05, 3.63) is 59.7 Å². The van der Waals surface area contributed by atoms with Gasteiger partial charge in [-0.25, -0.2) is 0 Å². The summed E-state index contributed by atoms with van der Waals surface area (Å²) < 4.78 is 0. The van der Waals surface area contributed by atoms with Crippen LogP contribution in [0.2, 0.25) is 0 Å². The van der Waals surface area contributed by atoms with Crippen LogP contribution in [0.15, 0.2) is 48.5 Å². The number of primary amides is 1. The molecule has 0 aliphatic rings. The van der Waals surface area contributed by atoms with Crippen molar-refractivity contribution in [2.75, 3.05) is 6.54 Å². The quantitative estimate of drug-likeness (QED) is 0.791. The Morgan fingerprint density at radius 1 is 1.10 bits per heavy atom. The van der Waals surface area contributed by atoms with E-state index in [1.807, 2.05) is 12.1 Å². The van der Waals surface area contributed by atoms with Gasteiger partial charge in [-0.1, -0.05) is 37.3 Å². The lowest BCUT2D eigenvalue weighted by Crippen LogP contribution is -2.13. The van der Waals surface area contributed by atoms with Crippen LogP contribution in [-0.4, -0.2) is 12.5 Å². The van der Waals surface area contributed by atoms with Crippen molar-refractivity contribution in [1.82, 2.24) is 5.32 Å². The highest BCUT2D eigenvalue weighted by Crippen LogP contribution is 2.21. The molecule has 104 valence electrons. The van der Waals surface area contributed by atoms with Crippen LogP contribution in [0.4, 0.5) is 0 Å². The first-order chi connectivity index (χ1) is 9.70. The Morgan fingerprint density at radius 3 is 2.50 bits per heavy atom. The summed E-state index contributed by atoms with van der Waals surface area (Å²) in [6.07, 6.45) is 1.13. The smallest absolute Gasteiger partial charge is 0.248 e. The van der Waals surface area contributed by atoms with Crippen LogP contribution in [0.5, 0.6) is 0 Å². The predicted molar refractivity (Wildman–Crippen MR) is 82.4 cm³/mol. The number of carbonyl (C=O) groups is 1. The zero-order valence-corrected chi connectivity index (χ0v) is 11.7. The molecule has 0 bridgehead atoms. The summed E-state index contributed by atoms with van der Waals surface area (Å²) in [6, 6.07) is 15.8. The molecule has 20 heavy (non-hydrogen) atoms. The Balaban J connectivity index is 2.15. The van der Waals surface area contributed by atoms with Gasteiger partial charge in [0.25, 0.3) is 0 Å². The molecule has 0 spiro atoms. The van der Waals surface area contributed by atoms with Gasteiger partial charge in [0.05, 0.1) is 0 Å². The highest BCUT2D eigenvalue weighted by molar-refractivity contribution is 5.93. The van der Waals surface area contributed by atoms with E-state index in [-0.39, 0.29) is 0 Å². The number of hydrogen-bond donors (Lipinski definition) is 2. The Bertz CT molecular complexity index is 576. The second kappa shape index (κ2) is 6.87. The second-order valence-corrected chi connectivity index (χ2v) is 4.82. The van der Waals surface area contributed by atoms with Crippen LogP contribution in [0.25, 0.3) is 11.1 Å². The lowest BCUT2D eigenvalue weighted by molar-refractivity contribution is 0.100. The highest BCUT2D eigenvalue weighted by Gasteiger charge is 2.02. The van der Waals surface area contributed by atoms with Gasteiger partial charge in [0, 0.05) is 12.1 Å². The first-order valence-corrected chi connectivity index (χ1v) is 6.90. The van der Waals surface area contributed by atoms with Crippen LogP contribution in [0, 0.1) is 0 Å². The summed E-state index contributed by atoms with van der Waals surface area (Å²) in [5, 5.41) is 3.39. The van der Waals surface area contributed by atoms with Crippen molar-refractivity contribution in [3.8, 4) is 11.1 Å². The molecule has 0 aromatic heterocycles. The van der Waals surface area contributed by atoms with E-state index in [9.17, 15) is 4.79 Å². The molecule has 2 aromatic carbocycles. The first kappa shape index (κ1) is 14.3. The van der Waals surface area contributed by atoms with Gasteiger partial charge >= 0.3 is 0 Å². The summed E-state index contributed by atoms with van der Waals surface area (Å²) in [4.78, 5) is 11.1. The van der Waals surface area contributed by atoms with Gasteiger partial charge in [-0.3, -0.25) is 4.79 Å². The van der Waals surface area contributed by atoms with Crippen molar-refractivity contribution < 1.29 is 4.79 Å². The second-order valence-electron chi connectivity index (χ2n) is 4.82. The van der Waals surface area contributed by atoms with Crippen LogP contribution in [-0.2, 0) is 6.54 Å². The van der Waals surface area contributed by atoms with Gasteiger partial charge in [-0.05, 0) is 47.9 Å². The Morgan fingerprint density at radius 2 is 1.85 bits per heavy atom. The number of benzene rings is 2. The molecule has 0 heterocycles. The molecular formula is C17H20N2O. The van der Waals surface area contributed by atoms with Crippen LogP contribution < -0.4 is 11.1 Å². The lowest BCUT2D eigenvalue weighted by Gasteiger charge is -2.07. The average molecular weight is 268 g/mol. The van der Waals surface area contributed by atoms with Gasteiger partial charge in [-0.15, -0.1) is 0 Å². The Kier molecular flexibility index (Phi) is 4.91. The molecule has 0 aliphatic carbocycles. The summed E-state index contributed by atoms with van der Waals surface area (Å²) >= 11 is 0. The predicted octanol–water partition coefficient (Wildman–Crippen LogP) is 2.95. The molecule has 2 rings (SSSR count). The van der Waals surface area contributed by atoms with E-state index in [0.29, 0.717) is 5.56 Å². The van der Waals surface area contributed by atoms with Crippen molar-refractivity contribution in [2.45, 2.75) is 19.9 Å². The van der Waals surface area contributed by atoms with E-state index >= 15 is 0 Å². The van der Waals surface area contributed by atoms with Crippen LogP contribution in [0.3, 0.4) is 0 Å². The molecule has 1 amide bonds. The van der Waals surface area contributed by atoms with Crippen molar-refractivity contribution in [2.24, 2.45) is 5.73 Å². The summed E-state index contributed by atoms with van der Waals surface area (Å²) in [7, 11) is 0. The van der Waals surface area contributed by atoms with Gasteiger partial charge in [-0.2, -0.15) is 0 Å². The van der Waals surface area contributed by atoms with E-state index in [4.69, 9.17) is 5.73 Å². The van der Waals surface area contributed by atoms with E-state index in [1.165, 1.54) is 5.56 Å². The van der Waals surface area contributed by atoms with Gasteiger partial charge in [0.2, 0.25) is 5.91 Å². The topological polar surface area (TPSA) is 55.1 Å². The fourth-order valence-corrected chi connectivity index (χ4v) is 2.10. The molecule has 0 saturated heterocycles. The summed E-state index contributed by atoms with van der Waals surface area (Å²) in [5.41, 5.74) is 9.28. The normalized spacial score (nSPS) is 10.4. The molecule has 0 radical (unpaired) electrons. The highest BCUT2D eigenvalue weighted by atomic mass is 16.1. The van der Waals surface area contributed by atoms with E-state index in [1.54, 1.807) is 12.1 Å². The minimum absolute atomic E-state index is 0.394. The fraction of sp³-hybridized carbons (Fsp3) is 0.235. The molecule has 0 atom stereocenters. The van der Waals surface area contributed by atoms with Crippen molar-refractivity contribution in [1.29, 1.82) is 0 Å². The molecule has 0 unspecified atom stereocenters. The van der Waals surface area contributed by atoms with E-state index in [0.717, 1.165) is 30.6 Å². The molecule has 0 fully saturated rings. The standard InChI is InChI=1S/C17H20N2O/c1-2-10-19-12-13-4-3-5-16(11-13)14-6-8-15(9-7-14)17(18)20/h3-9,11,19H,2,10,12H2,1H3,(H2,18,20). The van der Waals surface area contributed by atoms with Gasteiger partial charge in [0.1, 0.15) is 0 Å². The molecule has 0 saturated carbocycles. The molecule has 3 N–H and O–H groups in total.